The first-order valence-electron chi connectivity index (χ1n) is 3.08. The topological polar surface area (TPSA) is 17.8 Å². The predicted molar refractivity (Wildman–Crippen MR) is 43.4 cm³/mol. The van der Waals surface area contributed by atoms with Crippen LogP contribution < -0.4 is 0 Å². The number of hydrogen-bond acceptors (Lipinski definition) is 1. The lowest BCUT2D eigenvalue weighted by Gasteiger charge is -1.93. The Morgan fingerprint density at radius 1 is 1.60 bits per heavy atom. The first kappa shape index (κ1) is 6.81. The van der Waals surface area contributed by atoms with Gasteiger partial charge in [-0.15, -0.1) is 0 Å². The Hall–Kier alpha value is -1.31. The molecule has 0 radical (unpaired) electrons. The standard InChI is InChI=1S/C8H10N2/c1-4-8-7(3)10(5-2)6-9-8/h4-6H,1-2H2,3H3. The summed E-state index contributed by atoms with van der Waals surface area (Å²) < 4.78 is 1.86. The molecule has 2 heteroatoms. The highest BCUT2D eigenvalue weighted by Gasteiger charge is 1.97. The van der Waals surface area contributed by atoms with E-state index in [2.05, 4.69) is 18.1 Å². The molecule has 0 saturated heterocycles. The van der Waals surface area contributed by atoms with E-state index in [1.165, 1.54) is 0 Å². The van der Waals surface area contributed by atoms with Crippen molar-refractivity contribution in [2.24, 2.45) is 0 Å². The third-order valence-electron chi connectivity index (χ3n) is 1.47. The molecule has 1 rings (SSSR count). The van der Waals surface area contributed by atoms with Gasteiger partial charge in [0.2, 0.25) is 0 Å². The molecule has 0 aromatic carbocycles. The van der Waals surface area contributed by atoms with Gasteiger partial charge in [-0.25, -0.2) is 4.98 Å². The van der Waals surface area contributed by atoms with E-state index >= 15 is 0 Å². The van der Waals surface area contributed by atoms with Gasteiger partial charge >= 0.3 is 0 Å². The van der Waals surface area contributed by atoms with Crippen molar-refractivity contribution < 1.29 is 0 Å². The average Bonchev–Trinajstić information content (AvgIpc) is 2.30. The highest BCUT2D eigenvalue weighted by molar-refractivity contribution is 5.46. The van der Waals surface area contributed by atoms with Gasteiger partial charge in [-0.3, -0.25) is 0 Å². The van der Waals surface area contributed by atoms with Crippen molar-refractivity contribution in [1.29, 1.82) is 0 Å². The van der Waals surface area contributed by atoms with Gasteiger partial charge in [0.15, 0.2) is 0 Å². The molecule has 0 aliphatic carbocycles. The second kappa shape index (κ2) is 2.52. The van der Waals surface area contributed by atoms with Crippen molar-refractivity contribution in [1.82, 2.24) is 9.55 Å². The lowest BCUT2D eigenvalue weighted by atomic mass is 10.3. The summed E-state index contributed by atoms with van der Waals surface area (Å²) in [6.07, 6.45) is 5.17. The minimum Gasteiger partial charge on any atom is -0.310 e. The molecule has 0 aliphatic rings. The second-order valence-corrected chi connectivity index (χ2v) is 2.01. The smallest absolute Gasteiger partial charge is 0.0996 e. The van der Waals surface area contributed by atoms with E-state index in [4.69, 9.17) is 0 Å². The zero-order chi connectivity index (χ0) is 7.56. The van der Waals surface area contributed by atoms with E-state index in [0.717, 1.165) is 11.4 Å². The molecule has 10 heavy (non-hydrogen) atoms. The van der Waals surface area contributed by atoms with E-state index < -0.39 is 0 Å². The number of aromatic nitrogens is 2. The van der Waals surface area contributed by atoms with Crippen LogP contribution in [0.1, 0.15) is 11.4 Å². The van der Waals surface area contributed by atoms with Gasteiger partial charge in [-0.05, 0) is 13.0 Å². The molecule has 0 atom stereocenters. The zero-order valence-electron chi connectivity index (χ0n) is 6.04. The summed E-state index contributed by atoms with van der Waals surface area (Å²) in [5.74, 6) is 0. The normalized spacial score (nSPS) is 9.30. The molecular formula is C8H10N2. The third kappa shape index (κ3) is 0.880. The molecule has 0 N–H and O–H groups in total. The van der Waals surface area contributed by atoms with E-state index in [1.54, 1.807) is 18.6 Å². The molecule has 0 spiro atoms. The van der Waals surface area contributed by atoms with Crippen LogP contribution in [0.2, 0.25) is 0 Å². The fourth-order valence-electron chi connectivity index (χ4n) is 0.821. The van der Waals surface area contributed by atoms with Crippen LogP contribution in [-0.4, -0.2) is 9.55 Å². The van der Waals surface area contributed by atoms with Gasteiger partial charge in [0.25, 0.3) is 0 Å². The molecule has 52 valence electrons. The van der Waals surface area contributed by atoms with Crippen molar-refractivity contribution in [2.75, 3.05) is 0 Å². The van der Waals surface area contributed by atoms with Crippen LogP contribution in [-0.2, 0) is 0 Å². The molecule has 1 heterocycles. The maximum absolute atomic E-state index is 4.08. The first-order valence-corrected chi connectivity index (χ1v) is 3.08. The van der Waals surface area contributed by atoms with E-state index in [-0.39, 0.29) is 0 Å². The van der Waals surface area contributed by atoms with Crippen LogP contribution in [0.3, 0.4) is 0 Å². The van der Waals surface area contributed by atoms with Gasteiger partial charge < -0.3 is 4.57 Å². The van der Waals surface area contributed by atoms with Crippen molar-refractivity contribution in [3.8, 4) is 0 Å². The van der Waals surface area contributed by atoms with Gasteiger partial charge in [0, 0.05) is 11.9 Å². The lowest BCUT2D eigenvalue weighted by molar-refractivity contribution is 1.08. The number of rotatable bonds is 2. The summed E-state index contributed by atoms with van der Waals surface area (Å²) in [7, 11) is 0. The highest BCUT2D eigenvalue weighted by Crippen LogP contribution is 2.06. The largest absolute Gasteiger partial charge is 0.310 e. The second-order valence-electron chi connectivity index (χ2n) is 2.01. The van der Waals surface area contributed by atoms with Gasteiger partial charge in [-0.2, -0.15) is 0 Å². The highest BCUT2D eigenvalue weighted by atomic mass is 15.0. The van der Waals surface area contributed by atoms with Crippen LogP contribution in [0.4, 0.5) is 0 Å². The SMILES string of the molecule is C=Cc1ncn(C=C)c1C. The molecule has 1 aromatic heterocycles. The van der Waals surface area contributed by atoms with Crippen LogP contribution >= 0.6 is 0 Å². The van der Waals surface area contributed by atoms with E-state index in [1.807, 2.05) is 11.5 Å². The zero-order valence-corrected chi connectivity index (χ0v) is 6.04. The summed E-state index contributed by atoms with van der Waals surface area (Å²) in [5.41, 5.74) is 1.99. The maximum atomic E-state index is 4.08. The van der Waals surface area contributed by atoms with E-state index in [9.17, 15) is 0 Å². The molecule has 1 aromatic rings. The third-order valence-corrected chi connectivity index (χ3v) is 1.47. The van der Waals surface area contributed by atoms with Gasteiger partial charge in [-0.1, -0.05) is 13.2 Å². The Morgan fingerprint density at radius 2 is 2.30 bits per heavy atom. The Bertz CT molecular complexity index is 233. The molecule has 0 amide bonds. The summed E-state index contributed by atoms with van der Waals surface area (Å²) in [5, 5.41) is 0. The van der Waals surface area contributed by atoms with Crippen molar-refractivity contribution in [2.45, 2.75) is 6.92 Å². The van der Waals surface area contributed by atoms with Gasteiger partial charge in [0.1, 0.15) is 0 Å². The molecule has 0 fully saturated rings. The quantitative estimate of drug-likeness (QED) is 0.604. The Morgan fingerprint density at radius 3 is 2.60 bits per heavy atom. The van der Waals surface area contributed by atoms with Gasteiger partial charge in [0.05, 0.1) is 12.0 Å². The summed E-state index contributed by atoms with van der Waals surface area (Å²) >= 11 is 0. The first-order chi connectivity index (χ1) is 4.79. The lowest BCUT2D eigenvalue weighted by Crippen LogP contribution is -1.85. The fraction of sp³-hybridized carbons (Fsp3) is 0.125. The molecule has 0 saturated carbocycles. The molecule has 0 bridgehead atoms. The number of nitrogens with zero attached hydrogens (tertiary/aromatic N) is 2. The van der Waals surface area contributed by atoms with Crippen molar-refractivity contribution >= 4 is 12.3 Å². The summed E-state index contributed by atoms with van der Waals surface area (Å²) in [6.45, 7) is 9.24. The van der Waals surface area contributed by atoms with Crippen LogP contribution in [0.25, 0.3) is 12.3 Å². The molecule has 2 nitrogen and oxygen atoms in total. The predicted octanol–water partition coefficient (Wildman–Crippen LogP) is 1.94. The molecular weight excluding hydrogens is 124 g/mol. The van der Waals surface area contributed by atoms with Crippen LogP contribution in [0, 0.1) is 6.92 Å². The van der Waals surface area contributed by atoms with E-state index in [0.29, 0.717) is 0 Å². The Balaban J connectivity index is 3.20. The van der Waals surface area contributed by atoms with Crippen LogP contribution in [0.5, 0.6) is 0 Å². The fourth-order valence-corrected chi connectivity index (χ4v) is 0.821. The number of imidazole rings is 1. The maximum Gasteiger partial charge on any atom is 0.0996 e. The average molecular weight is 134 g/mol. The summed E-state index contributed by atoms with van der Waals surface area (Å²) in [6, 6.07) is 0. The molecule has 0 aliphatic heterocycles. The van der Waals surface area contributed by atoms with Crippen molar-refractivity contribution in [3.63, 3.8) is 0 Å². The monoisotopic (exact) mass is 134 g/mol. The Labute approximate surface area is 60.5 Å². The van der Waals surface area contributed by atoms with Crippen LogP contribution in [0.15, 0.2) is 19.5 Å². The molecule has 0 unspecified atom stereocenters. The minimum absolute atomic E-state index is 0.917. The summed E-state index contributed by atoms with van der Waals surface area (Å²) in [4.78, 5) is 4.08. The number of hydrogen-bond donors (Lipinski definition) is 0. The van der Waals surface area contributed by atoms with Crippen molar-refractivity contribution in [3.05, 3.63) is 30.9 Å². The minimum atomic E-state index is 0.917. The Kier molecular flexibility index (Phi) is 1.71.